The number of hydrogen-bond acceptors (Lipinski definition) is 2. The van der Waals surface area contributed by atoms with E-state index in [0.29, 0.717) is 4.90 Å². The Bertz CT molecular complexity index is 2550. The van der Waals surface area contributed by atoms with Gasteiger partial charge in [0.1, 0.15) is 0 Å². The third-order valence-electron chi connectivity index (χ3n) is 9.97. The van der Waals surface area contributed by atoms with Crippen LogP contribution in [0.15, 0.2) is 192 Å². The summed E-state index contributed by atoms with van der Waals surface area (Å²) >= 11 is 0. The Kier molecular flexibility index (Phi) is 6.46. The van der Waals surface area contributed by atoms with E-state index in [1.165, 1.54) is 44.2 Å². The van der Waals surface area contributed by atoms with E-state index >= 15 is 0 Å². The van der Waals surface area contributed by atoms with E-state index < -0.39 is 15.3 Å². The number of fused-ring (bicyclic) bond motifs is 4. The van der Waals surface area contributed by atoms with Crippen LogP contribution in [0, 0.1) is 0 Å². The minimum absolute atomic E-state index is 0.283. The second-order valence-corrected chi connectivity index (χ2v) is 14.3. The highest BCUT2D eigenvalue weighted by molar-refractivity contribution is 7.91. The third kappa shape index (κ3) is 4.01. The van der Waals surface area contributed by atoms with Crippen molar-refractivity contribution in [3.05, 3.63) is 204 Å². The van der Waals surface area contributed by atoms with Crippen LogP contribution in [0.1, 0.15) is 22.3 Å². The number of sulfone groups is 1. The molecular formula is C45H30O2S. The van der Waals surface area contributed by atoms with Crippen LogP contribution < -0.4 is 0 Å². The lowest BCUT2D eigenvalue weighted by Crippen LogP contribution is -2.33. The quantitative estimate of drug-likeness (QED) is 0.177. The van der Waals surface area contributed by atoms with E-state index in [1.54, 1.807) is 36.4 Å². The van der Waals surface area contributed by atoms with Gasteiger partial charge in [-0.3, -0.25) is 0 Å². The summed E-state index contributed by atoms with van der Waals surface area (Å²) in [7, 11) is -3.64. The Morgan fingerprint density at radius 1 is 0.375 bits per heavy atom. The molecule has 0 aromatic heterocycles. The summed E-state index contributed by atoms with van der Waals surface area (Å²) in [4.78, 5) is 0.576. The maximum Gasteiger partial charge on any atom is 0.206 e. The fraction of sp³-hybridized carbons (Fsp3) is 0.0222. The Morgan fingerprint density at radius 3 is 1.50 bits per heavy atom. The standard InChI is InChI=1S/C45H30O2S/c46-48(47,34-19-8-3-9-20-34)35-29-27-31(28-30-35)42-36-21-10-11-22-37(36)43-38-23-12-13-25-40(38)45(32-15-4-1-5-16-32,33-17-6-2-7-18-33)41-26-14-24-39(42)44(41)43/h1-30H. The van der Waals surface area contributed by atoms with Crippen molar-refractivity contribution in [2.45, 2.75) is 15.2 Å². The molecule has 0 saturated heterocycles. The fourth-order valence-electron chi connectivity index (χ4n) is 8.01. The number of benzene rings is 8. The van der Waals surface area contributed by atoms with Gasteiger partial charge in [-0.25, -0.2) is 8.42 Å². The van der Waals surface area contributed by atoms with Crippen LogP contribution in [-0.2, 0) is 15.3 Å². The Labute approximate surface area is 280 Å². The van der Waals surface area contributed by atoms with Crippen molar-refractivity contribution < 1.29 is 8.42 Å². The second kappa shape index (κ2) is 10.9. The van der Waals surface area contributed by atoms with Gasteiger partial charge in [-0.1, -0.05) is 158 Å². The predicted molar refractivity (Wildman–Crippen MR) is 196 cm³/mol. The molecule has 2 nitrogen and oxygen atoms in total. The van der Waals surface area contributed by atoms with Gasteiger partial charge in [0.05, 0.1) is 15.2 Å². The maximum atomic E-state index is 13.5. The van der Waals surface area contributed by atoms with Gasteiger partial charge in [-0.05, 0) is 90.3 Å². The van der Waals surface area contributed by atoms with Gasteiger partial charge < -0.3 is 0 Å². The molecule has 8 aromatic carbocycles. The lowest BCUT2D eigenvalue weighted by atomic mass is 9.59. The number of hydrogen-bond donors (Lipinski definition) is 0. The zero-order valence-corrected chi connectivity index (χ0v) is 26.9. The molecular weight excluding hydrogens is 605 g/mol. The van der Waals surface area contributed by atoms with E-state index in [4.69, 9.17) is 0 Å². The molecule has 0 fully saturated rings. The highest BCUT2D eigenvalue weighted by Crippen LogP contribution is 2.58. The van der Waals surface area contributed by atoms with Crippen molar-refractivity contribution in [1.29, 1.82) is 0 Å². The average molecular weight is 635 g/mol. The van der Waals surface area contributed by atoms with Crippen molar-refractivity contribution >= 4 is 31.4 Å². The van der Waals surface area contributed by atoms with Gasteiger partial charge in [-0.15, -0.1) is 0 Å². The Hall–Kier alpha value is -5.77. The minimum atomic E-state index is -3.64. The molecule has 0 saturated carbocycles. The smallest absolute Gasteiger partial charge is 0.206 e. The molecule has 9 rings (SSSR count). The van der Waals surface area contributed by atoms with Crippen LogP contribution in [0.5, 0.6) is 0 Å². The van der Waals surface area contributed by atoms with E-state index in [1.807, 2.05) is 18.2 Å². The van der Waals surface area contributed by atoms with Crippen molar-refractivity contribution in [2.24, 2.45) is 0 Å². The molecule has 0 bridgehead atoms. The molecule has 228 valence electrons. The van der Waals surface area contributed by atoms with Gasteiger partial charge in [-0.2, -0.15) is 0 Å². The molecule has 3 heteroatoms. The zero-order chi connectivity index (χ0) is 32.3. The fourth-order valence-corrected chi connectivity index (χ4v) is 9.29. The monoisotopic (exact) mass is 634 g/mol. The molecule has 0 spiro atoms. The highest BCUT2D eigenvalue weighted by atomic mass is 32.2. The van der Waals surface area contributed by atoms with Gasteiger partial charge in [0.2, 0.25) is 9.84 Å². The largest absolute Gasteiger partial charge is 0.219 e. The molecule has 1 aliphatic carbocycles. The summed E-state index contributed by atoms with van der Waals surface area (Å²) < 4.78 is 27.0. The van der Waals surface area contributed by atoms with E-state index in [0.717, 1.165) is 21.9 Å². The summed E-state index contributed by atoms with van der Waals surface area (Å²) in [5, 5.41) is 4.68. The van der Waals surface area contributed by atoms with Crippen LogP contribution in [0.25, 0.3) is 43.8 Å². The van der Waals surface area contributed by atoms with Gasteiger partial charge in [0, 0.05) is 0 Å². The van der Waals surface area contributed by atoms with E-state index in [-0.39, 0.29) is 4.90 Å². The molecule has 0 aliphatic heterocycles. The Balaban J connectivity index is 1.40. The van der Waals surface area contributed by atoms with Gasteiger partial charge in [0.15, 0.2) is 0 Å². The lowest BCUT2D eigenvalue weighted by Gasteiger charge is -2.42. The Morgan fingerprint density at radius 2 is 0.854 bits per heavy atom. The van der Waals surface area contributed by atoms with Crippen LogP contribution >= 0.6 is 0 Å². The molecule has 0 atom stereocenters. The molecule has 0 amide bonds. The van der Waals surface area contributed by atoms with Crippen LogP contribution in [0.2, 0.25) is 0 Å². The average Bonchev–Trinajstić information content (AvgIpc) is 3.16. The van der Waals surface area contributed by atoms with Crippen molar-refractivity contribution in [3.8, 4) is 22.3 Å². The molecule has 0 N–H and O–H groups in total. The van der Waals surface area contributed by atoms with Crippen molar-refractivity contribution in [3.63, 3.8) is 0 Å². The van der Waals surface area contributed by atoms with E-state index in [9.17, 15) is 8.42 Å². The van der Waals surface area contributed by atoms with Crippen molar-refractivity contribution in [2.75, 3.05) is 0 Å². The predicted octanol–water partition coefficient (Wildman–Crippen LogP) is 10.9. The molecule has 8 aromatic rings. The molecule has 1 aliphatic rings. The van der Waals surface area contributed by atoms with E-state index in [2.05, 4.69) is 127 Å². The summed E-state index contributed by atoms with van der Waals surface area (Å²) in [5.41, 5.74) is 8.91. The maximum absolute atomic E-state index is 13.5. The minimum Gasteiger partial charge on any atom is -0.219 e. The van der Waals surface area contributed by atoms with Crippen LogP contribution in [0.3, 0.4) is 0 Å². The molecule has 0 unspecified atom stereocenters. The topological polar surface area (TPSA) is 34.1 Å². The highest BCUT2D eigenvalue weighted by Gasteiger charge is 2.44. The second-order valence-electron chi connectivity index (χ2n) is 12.4. The zero-order valence-electron chi connectivity index (χ0n) is 26.0. The first-order valence-electron chi connectivity index (χ1n) is 16.2. The lowest BCUT2D eigenvalue weighted by molar-refractivity contribution is 0.596. The summed E-state index contributed by atoms with van der Waals surface area (Å²) in [6.45, 7) is 0. The van der Waals surface area contributed by atoms with Crippen LogP contribution in [0.4, 0.5) is 0 Å². The first kappa shape index (κ1) is 28.5. The summed E-state index contributed by atoms with van der Waals surface area (Å²) in [5.74, 6) is 0. The molecule has 0 radical (unpaired) electrons. The SMILES string of the molecule is O=S(=O)(c1ccccc1)c1ccc(-c2c3ccccc3c3c4c(cccc24)C(c2ccccc2)(c2ccccc2)c2ccccc2-3)cc1. The third-order valence-corrected chi connectivity index (χ3v) is 11.8. The van der Waals surface area contributed by atoms with Crippen molar-refractivity contribution in [1.82, 2.24) is 0 Å². The normalized spacial score (nSPS) is 13.3. The van der Waals surface area contributed by atoms with Crippen LogP contribution in [-0.4, -0.2) is 8.42 Å². The van der Waals surface area contributed by atoms with Gasteiger partial charge in [0.25, 0.3) is 0 Å². The first-order chi connectivity index (χ1) is 23.6. The molecule has 0 heterocycles. The summed E-state index contributed by atoms with van der Waals surface area (Å²) in [6, 6.07) is 62.0. The number of rotatable bonds is 5. The summed E-state index contributed by atoms with van der Waals surface area (Å²) in [6.07, 6.45) is 0. The van der Waals surface area contributed by atoms with Gasteiger partial charge >= 0.3 is 0 Å². The first-order valence-corrected chi connectivity index (χ1v) is 17.7. The molecule has 48 heavy (non-hydrogen) atoms.